The van der Waals surface area contributed by atoms with E-state index in [1.807, 2.05) is 0 Å². The summed E-state index contributed by atoms with van der Waals surface area (Å²) < 4.78 is 51.5. The van der Waals surface area contributed by atoms with Crippen LogP contribution in [-0.2, 0) is 0 Å². The van der Waals surface area contributed by atoms with Gasteiger partial charge in [-0.25, -0.2) is 0 Å². The van der Waals surface area contributed by atoms with Gasteiger partial charge in [0, 0.05) is 6.04 Å². The van der Waals surface area contributed by atoms with Gasteiger partial charge in [-0.05, 0) is 24.1 Å². The van der Waals surface area contributed by atoms with Gasteiger partial charge in [0.2, 0.25) is 0 Å². The van der Waals surface area contributed by atoms with Gasteiger partial charge < -0.3 is 10.5 Å². The van der Waals surface area contributed by atoms with E-state index in [4.69, 9.17) is 5.73 Å². The minimum Gasteiger partial charge on any atom is -0.406 e. The first-order valence-corrected chi connectivity index (χ1v) is 4.59. The molecular weight excluding hydrogens is 262 g/mol. The van der Waals surface area contributed by atoms with E-state index >= 15 is 0 Å². The maximum absolute atomic E-state index is 12.0. The summed E-state index contributed by atoms with van der Waals surface area (Å²) in [4.78, 5) is 0. The van der Waals surface area contributed by atoms with Gasteiger partial charge >= 0.3 is 6.36 Å². The standard InChI is InChI=1S/C10H11F4NO.ClH/c11-5-4-9(15)7-2-1-3-8(6-7)16-10(12,13)14;/h1-3,6,9H,4-5,15H2;1H/t9-;/m1./s1. The Kier molecular flexibility index (Phi) is 6.26. The topological polar surface area (TPSA) is 35.2 Å². The minimum atomic E-state index is -4.73. The summed E-state index contributed by atoms with van der Waals surface area (Å²) in [6, 6.07) is 4.62. The molecule has 2 N–H and O–H groups in total. The van der Waals surface area contributed by atoms with Crippen LogP contribution < -0.4 is 10.5 Å². The van der Waals surface area contributed by atoms with E-state index in [0.717, 1.165) is 6.07 Å². The molecule has 98 valence electrons. The lowest BCUT2D eigenvalue weighted by atomic mass is 10.1. The highest BCUT2D eigenvalue weighted by molar-refractivity contribution is 5.85. The Bertz CT molecular complexity index is 345. The van der Waals surface area contributed by atoms with E-state index < -0.39 is 19.1 Å². The molecule has 0 bridgehead atoms. The fourth-order valence-electron chi connectivity index (χ4n) is 1.23. The molecule has 0 unspecified atom stereocenters. The average molecular weight is 274 g/mol. The molecule has 0 aromatic heterocycles. The van der Waals surface area contributed by atoms with E-state index in [9.17, 15) is 17.6 Å². The molecule has 0 aliphatic heterocycles. The summed E-state index contributed by atoms with van der Waals surface area (Å²) in [5.74, 6) is -0.348. The summed E-state index contributed by atoms with van der Waals surface area (Å²) in [5, 5.41) is 0. The second kappa shape index (κ2) is 6.66. The quantitative estimate of drug-likeness (QED) is 0.854. The van der Waals surface area contributed by atoms with Crippen LogP contribution in [0.15, 0.2) is 24.3 Å². The zero-order valence-corrected chi connectivity index (χ0v) is 9.52. The number of ether oxygens (including phenoxy) is 1. The molecule has 0 saturated carbocycles. The summed E-state index contributed by atoms with van der Waals surface area (Å²) >= 11 is 0. The summed E-state index contributed by atoms with van der Waals surface area (Å²) in [6.45, 7) is -0.620. The molecule has 0 spiro atoms. The van der Waals surface area contributed by atoms with Crippen molar-refractivity contribution in [2.75, 3.05) is 6.67 Å². The van der Waals surface area contributed by atoms with Gasteiger partial charge in [-0.15, -0.1) is 25.6 Å². The van der Waals surface area contributed by atoms with Crippen molar-refractivity contribution >= 4 is 12.4 Å². The fourth-order valence-corrected chi connectivity index (χ4v) is 1.23. The van der Waals surface area contributed by atoms with Gasteiger partial charge in [0.15, 0.2) is 0 Å². The number of nitrogens with two attached hydrogens (primary N) is 1. The highest BCUT2D eigenvalue weighted by atomic mass is 35.5. The zero-order chi connectivity index (χ0) is 12.2. The first-order chi connectivity index (χ1) is 7.42. The summed E-state index contributed by atoms with van der Waals surface area (Å²) in [7, 11) is 0. The molecule has 0 aliphatic carbocycles. The fraction of sp³-hybridized carbons (Fsp3) is 0.400. The number of halogens is 5. The zero-order valence-electron chi connectivity index (χ0n) is 8.71. The summed E-state index contributed by atoms with van der Waals surface area (Å²) in [5.41, 5.74) is 5.98. The predicted octanol–water partition coefficient (Wildman–Crippen LogP) is 3.37. The van der Waals surface area contributed by atoms with E-state index in [1.54, 1.807) is 0 Å². The van der Waals surface area contributed by atoms with Gasteiger partial charge in [0.1, 0.15) is 5.75 Å². The van der Waals surface area contributed by atoms with Gasteiger partial charge in [0.05, 0.1) is 6.67 Å². The van der Waals surface area contributed by atoms with Crippen LogP contribution in [0.2, 0.25) is 0 Å². The molecule has 0 radical (unpaired) electrons. The first kappa shape index (κ1) is 16.0. The normalized spacial score (nSPS) is 12.8. The Labute approximate surface area is 102 Å². The van der Waals surface area contributed by atoms with Crippen LogP contribution in [0.3, 0.4) is 0 Å². The number of hydrogen-bond acceptors (Lipinski definition) is 2. The lowest BCUT2D eigenvalue weighted by molar-refractivity contribution is -0.274. The smallest absolute Gasteiger partial charge is 0.406 e. The molecule has 0 aliphatic rings. The Morgan fingerprint density at radius 3 is 2.47 bits per heavy atom. The van der Waals surface area contributed by atoms with Gasteiger partial charge in [-0.3, -0.25) is 4.39 Å². The SMILES string of the molecule is Cl.N[C@H](CCF)c1cccc(OC(F)(F)F)c1. The monoisotopic (exact) mass is 273 g/mol. The first-order valence-electron chi connectivity index (χ1n) is 4.59. The molecule has 1 aromatic rings. The van der Waals surface area contributed by atoms with E-state index in [2.05, 4.69) is 4.74 Å². The van der Waals surface area contributed by atoms with Crippen LogP contribution in [0, 0.1) is 0 Å². The molecular formula is C10H12ClF4NO. The highest BCUT2D eigenvalue weighted by Gasteiger charge is 2.31. The maximum Gasteiger partial charge on any atom is 0.573 e. The van der Waals surface area contributed by atoms with Crippen molar-refractivity contribution in [2.45, 2.75) is 18.8 Å². The predicted molar refractivity (Wildman–Crippen MR) is 57.9 cm³/mol. The molecule has 17 heavy (non-hydrogen) atoms. The van der Waals surface area contributed by atoms with Crippen LogP contribution in [0.1, 0.15) is 18.0 Å². The van der Waals surface area contributed by atoms with Crippen molar-refractivity contribution in [3.8, 4) is 5.75 Å². The van der Waals surface area contributed by atoms with Crippen LogP contribution in [0.4, 0.5) is 17.6 Å². The number of alkyl halides is 4. The number of hydrogen-bond donors (Lipinski definition) is 1. The second-order valence-electron chi connectivity index (χ2n) is 3.20. The van der Waals surface area contributed by atoms with Crippen molar-refractivity contribution in [3.05, 3.63) is 29.8 Å². The van der Waals surface area contributed by atoms with Crippen molar-refractivity contribution < 1.29 is 22.3 Å². The van der Waals surface area contributed by atoms with E-state index in [1.165, 1.54) is 18.2 Å². The third-order valence-electron chi connectivity index (χ3n) is 1.94. The Morgan fingerprint density at radius 1 is 1.29 bits per heavy atom. The van der Waals surface area contributed by atoms with Crippen LogP contribution in [-0.4, -0.2) is 13.0 Å². The van der Waals surface area contributed by atoms with E-state index in [-0.39, 0.29) is 24.6 Å². The van der Waals surface area contributed by atoms with Gasteiger partial charge in [-0.1, -0.05) is 12.1 Å². The third kappa shape index (κ3) is 5.74. The highest BCUT2D eigenvalue weighted by Crippen LogP contribution is 2.25. The molecule has 2 nitrogen and oxygen atoms in total. The average Bonchev–Trinajstić information content (AvgIpc) is 2.16. The molecule has 0 saturated heterocycles. The number of rotatable bonds is 4. The molecule has 0 heterocycles. The molecule has 0 fully saturated rings. The van der Waals surface area contributed by atoms with Crippen molar-refractivity contribution in [1.29, 1.82) is 0 Å². The largest absolute Gasteiger partial charge is 0.573 e. The summed E-state index contributed by atoms with van der Waals surface area (Å²) in [6.07, 6.45) is -4.67. The second-order valence-corrected chi connectivity index (χ2v) is 3.20. The third-order valence-corrected chi connectivity index (χ3v) is 1.94. The minimum absolute atomic E-state index is 0. The molecule has 1 atom stereocenters. The lowest BCUT2D eigenvalue weighted by Crippen LogP contribution is -2.17. The molecule has 0 amide bonds. The van der Waals surface area contributed by atoms with Crippen LogP contribution >= 0.6 is 12.4 Å². The maximum atomic E-state index is 12.0. The van der Waals surface area contributed by atoms with Crippen molar-refractivity contribution in [2.24, 2.45) is 5.73 Å². The van der Waals surface area contributed by atoms with Gasteiger partial charge in [-0.2, -0.15) is 0 Å². The molecule has 7 heteroatoms. The van der Waals surface area contributed by atoms with Crippen LogP contribution in [0.25, 0.3) is 0 Å². The number of benzene rings is 1. The van der Waals surface area contributed by atoms with Crippen molar-refractivity contribution in [1.82, 2.24) is 0 Å². The van der Waals surface area contributed by atoms with Gasteiger partial charge in [0.25, 0.3) is 0 Å². The van der Waals surface area contributed by atoms with E-state index in [0.29, 0.717) is 5.56 Å². The Morgan fingerprint density at radius 2 is 1.94 bits per heavy atom. The molecule has 1 rings (SSSR count). The Hall–Kier alpha value is -1.01. The lowest BCUT2D eigenvalue weighted by Gasteiger charge is -2.13. The molecule has 1 aromatic carbocycles. The Balaban J connectivity index is 0.00000256. The van der Waals surface area contributed by atoms with Crippen LogP contribution in [0.5, 0.6) is 5.75 Å². The van der Waals surface area contributed by atoms with Crippen molar-refractivity contribution in [3.63, 3.8) is 0 Å².